The number of benzene rings is 2. The summed E-state index contributed by atoms with van der Waals surface area (Å²) in [5.41, 5.74) is -0.126. The summed E-state index contributed by atoms with van der Waals surface area (Å²) in [7, 11) is 0. The van der Waals surface area contributed by atoms with Crippen molar-refractivity contribution >= 4 is 52.4 Å². The van der Waals surface area contributed by atoms with E-state index in [2.05, 4.69) is 5.32 Å². The minimum atomic E-state index is -1.15. The molecule has 0 atom stereocenters. The maximum Gasteiger partial charge on any atom is 0.341 e. The third-order valence-electron chi connectivity index (χ3n) is 4.25. The molecule has 1 N–H and O–H groups in total. The predicted octanol–water partition coefficient (Wildman–Crippen LogP) is 3.91. The number of nitrogens with zero attached hydrogens (tertiary/aromatic N) is 1. The lowest BCUT2D eigenvalue weighted by Crippen LogP contribution is -2.59. The fraction of sp³-hybridized carbons (Fsp3) is 0.211. The normalized spacial score (nSPS) is 15.0. The van der Waals surface area contributed by atoms with Crippen LogP contribution in [0.4, 0.5) is 11.4 Å². The van der Waals surface area contributed by atoms with Crippen molar-refractivity contribution in [3.05, 3.63) is 58.1 Å². The lowest BCUT2D eigenvalue weighted by molar-refractivity contribution is -0.128. The van der Waals surface area contributed by atoms with Crippen molar-refractivity contribution in [3.63, 3.8) is 0 Å². The maximum atomic E-state index is 12.8. The summed E-state index contributed by atoms with van der Waals surface area (Å²) in [6, 6.07) is 11.5. The largest absolute Gasteiger partial charge is 0.452 e. The van der Waals surface area contributed by atoms with Crippen LogP contribution < -0.4 is 10.2 Å². The van der Waals surface area contributed by atoms with E-state index >= 15 is 0 Å². The average molecular weight is 407 g/mol. The molecule has 0 aliphatic carbocycles. The molecular formula is C19H16Cl2N2O4. The molecule has 8 heteroatoms. The molecule has 0 unspecified atom stereocenters. The zero-order valence-electron chi connectivity index (χ0n) is 14.6. The summed E-state index contributed by atoms with van der Waals surface area (Å²) in [4.78, 5) is 38.9. The summed E-state index contributed by atoms with van der Waals surface area (Å²) >= 11 is 12.0. The number of fused-ring (bicyclic) bond motifs is 1. The molecule has 1 heterocycles. The molecule has 1 aliphatic rings. The highest BCUT2D eigenvalue weighted by molar-refractivity contribution is 6.39. The molecule has 0 aromatic heterocycles. The van der Waals surface area contributed by atoms with Crippen LogP contribution in [0, 0.1) is 0 Å². The molecule has 27 heavy (non-hydrogen) atoms. The molecule has 0 fully saturated rings. The number of para-hydroxylation sites is 2. The molecule has 0 saturated carbocycles. The highest BCUT2D eigenvalue weighted by Crippen LogP contribution is 2.36. The van der Waals surface area contributed by atoms with Crippen molar-refractivity contribution < 1.29 is 19.1 Å². The number of carbonyl (C=O) groups is 3. The summed E-state index contributed by atoms with van der Waals surface area (Å²) in [6.07, 6.45) is 0. The lowest BCUT2D eigenvalue weighted by atomic mass is 9.96. The summed E-state index contributed by atoms with van der Waals surface area (Å²) in [5.74, 6) is -1.69. The molecule has 0 bridgehead atoms. The Morgan fingerprint density at radius 3 is 2.37 bits per heavy atom. The number of carbonyl (C=O) groups excluding carboxylic acids is 3. The van der Waals surface area contributed by atoms with Crippen molar-refractivity contribution in [2.75, 3.05) is 16.8 Å². The molecule has 0 spiro atoms. The van der Waals surface area contributed by atoms with E-state index in [1.807, 2.05) is 0 Å². The first kappa shape index (κ1) is 19.2. The van der Waals surface area contributed by atoms with Crippen LogP contribution in [-0.2, 0) is 14.3 Å². The van der Waals surface area contributed by atoms with E-state index < -0.39 is 24.0 Å². The zero-order valence-corrected chi connectivity index (χ0v) is 16.1. The molecule has 0 radical (unpaired) electrons. The molecule has 3 rings (SSSR count). The van der Waals surface area contributed by atoms with Gasteiger partial charge in [0.2, 0.25) is 5.91 Å². The number of nitrogens with one attached hydrogen (secondary N) is 1. The molecule has 0 saturated heterocycles. The van der Waals surface area contributed by atoms with Gasteiger partial charge in [0.15, 0.2) is 6.61 Å². The summed E-state index contributed by atoms with van der Waals surface area (Å²) < 4.78 is 5.12. The van der Waals surface area contributed by atoms with Gasteiger partial charge >= 0.3 is 5.97 Å². The lowest BCUT2D eigenvalue weighted by Gasteiger charge is -2.41. The summed E-state index contributed by atoms with van der Waals surface area (Å²) in [6.45, 7) is 2.66. The van der Waals surface area contributed by atoms with Crippen molar-refractivity contribution in [3.8, 4) is 0 Å². The molecule has 140 valence electrons. The van der Waals surface area contributed by atoms with Gasteiger partial charge in [-0.1, -0.05) is 41.4 Å². The van der Waals surface area contributed by atoms with Gasteiger partial charge in [-0.3, -0.25) is 14.5 Å². The van der Waals surface area contributed by atoms with E-state index in [0.29, 0.717) is 11.4 Å². The molecule has 2 aromatic rings. The number of anilines is 2. The minimum Gasteiger partial charge on any atom is -0.452 e. The topological polar surface area (TPSA) is 75.7 Å². The second-order valence-corrected chi connectivity index (χ2v) is 7.25. The van der Waals surface area contributed by atoms with Gasteiger partial charge in [0.05, 0.1) is 27.0 Å². The van der Waals surface area contributed by atoms with Gasteiger partial charge in [0.1, 0.15) is 5.54 Å². The van der Waals surface area contributed by atoms with Crippen LogP contribution in [0.5, 0.6) is 0 Å². The quantitative estimate of drug-likeness (QED) is 0.783. The number of amides is 2. The van der Waals surface area contributed by atoms with Crippen molar-refractivity contribution in [2.45, 2.75) is 19.4 Å². The number of hydrogen-bond donors (Lipinski definition) is 1. The Hall–Kier alpha value is -2.57. The SMILES string of the molecule is CC1(C)C(=O)Nc2ccccc2N1C(=O)COC(=O)c1c(Cl)cccc1Cl. The fourth-order valence-corrected chi connectivity index (χ4v) is 3.41. The highest BCUT2D eigenvalue weighted by Gasteiger charge is 2.43. The van der Waals surface area contributed by atoms with E-state index in [9.17, 15) is 14.4 Å². The van der Waals surface area contributed by atoms with Crippen molar-refractivity contribution in [1.82, 2.24) is 0 Å². The van der Waals surface area contributed by atoms with E-state index in [-0.39, 0.29) is 21.5 Å². The Bertz CT molecular complexity index is 923. The highest BCUT2D eigenvalue weighted by atomic mass is 35.5. The van der Waals surface area contributed by atoms with Crippen LogP contribution in [0.25, 0.3) is 0 Å². The van der Waals surface area contributed by atoms with Gasteiger partial charge in [-0.15, -0.1) is 0 Å². The predicted molar refractivity (Wildman–Crippen MR) is 103 cm³/mol. The molecule has 2 amide bonds. The van der Waals surface area contributed by atoms with Crippen LogP contribution >= 0.6 is 23.2 Å². The van der Waals surface area contributed by atoms with E-state index in [1.54, 1.807) is 44.2 Å². The number of halogens is 2. The second kappa shape index (κ2) is 7.21. The Kier molecular flexibility index (Phi) is 5.13. The van der Waals surface area contributed by atoms with Crippen LogP contribution in [-0.4, -0.2) is 29.9 Å². The number of hydrogen-bond acceptors (Lipinski definition) is 4. The van der Waals surface area contributed by atoms with Crippen LogP contribution in [0.15, 0.2) is 42.5 Å². The van der Waals surface area contributed by atoms with E-state index in [0.717, 1.165) is 0 Å². The number of esters is 1. The second-order valence-electron chi connectivity index (χ2n) is 6.43. The third kappa shape index (κ3) is 3.50. The van der Waals surface area contributed by atoms with E-state index in [4.69, 9.17) is 27.9 Å². The molecule has 2 aromatic carbocycles. The molecular weight excluding hydrogens is 391 g/mol. The molecule has 6 nitrogen and oxygen atoms in total. The standard InChI is InChI=1S/C19H16Cl2N2O4/c1-19(2)18(26)22-13-8-3-4-9-14(13)23(19)15(24)10-27-17(25)16-11(20)6-5-7-12(16)21/h3-9H,10H2,1-2H3,(H,22,26). The van der Waals surface area contributed by atoms with Crippen LogP contribution in [0.1, 0.15) is 24.2 Å². The Labute approximate surface area is 166 Å². The Morgan fingerprint density at radius 1 is 1.07 bits per heavy atom. The maximum absolute atomic E-state index is 12.8. The summed E-state index contributed by atoms with van der Waals surface area (Å²) in [5, 5.41) is 3.02. The van der Waals surface area contributed by atoms with Crippen LogP contribution in [0.2, 0.25) is 10.0 Å². The Balaban J connectivity index is 1.83. The smallest absolute Gasteiger partial charge is 0.341 e. The monoisotopic (exact) mass is 406 g/mol. The van der Waals surface area contributed by atoms with Crippen molar-refractivity contribution in [2.24, 2.45) is 0 Å². The molecule has 1 aliphatic heterocycles. The number of ether oxygens (including phenoxy) is 1. The average Bonchev–Trinajstić information content (AvgIpc) is 2.60. The zero-order chi connectivity index (χ0) is 19.8. The van der Waals surface area contributed by atoms with Gasteiger partial charge in [-0.25, -0.2) is 4.79 Å². The van der Waals surface area contributed by atoms with Gasteiger partial charge in [-0.2, -0.15) is 0 Å². The fourth-order valence-electron chi connectivity index (χ4n) is 2.86. The van der Waals surface area contributed by atoms with Gasteiger partial charge in [-0.05, 0) is 38.1 Å². The minimum absolute atomic E-state index is 0.00955. The van der Waals surface area contributed by atoms with Gasteiger partial charge in [0.25, 0.3) is 5.91 Å². The van der Waals surface area contributed by atoms with E-state index in [1.165, 1.54) is 17.0 Å². The first-order chi connectivity index (χ1) is 12.7. The first-order valence-electron chi connectivity index (χ1n) is 8.08. The van der Waals surface area contributed by atoms with Crippen molar-refractivity contribution in [1.29, 1.82) is 0 Å². The van der Waals surface area contributed by atoms with Crippen LogP contribution in [0.3, 0.4) is 0 Å². The number of rotatable bonds is 3. The Morgan fingerprint density at radius 2 is 1.70 bits per heavy atom. The first-order valence-corrected chi connectivity index (χ1v) is 8.83. The van der Waals surface area contributed by atoms with Gasteiger partial charge in [0, 0.05) is 0 Å². The van der Waals surface area contributed by atoms with Gasteiger partial charge < -0.3 is 10.1 Å². The third-order valence-corrected chi connectivity index (χ3v) is 4.88.